The van der Waals surface area contributed by atoms with Gasteiger partial charge in [0.05, 0.1) is 12.2 Å². The molecule has 4 rings (SSSR count). The van der Waals surface area contributed by atoms with E-state index in [1.54, 1.807) is 48.0 Å². The van der Waals surface area contributed by atoms with Gasteiger partial charge in [-0.05, 0) is 25.1 Å². The first kappa shape index (κ1) is 20.4. The average molecular weight is 422 g/mol. The number of amides is 1. The Morgan fingerprint density at radius 2 is 2.10 bits per heavy atom. The van der Waals surface area contributed by atoms with Crippen LogP contribution in [0, 0.1) is 5.82 Å². The third-order valence-electron chi connectivity index (χ3n) is 4.35. The van der Waals surface area contributed by atoms with Crippen LogP contribution in [0.25, 0.3) is 22.9 Å². The summed E-state index contributed by atoms with van der Waals surface area (Å²) in [5, 5.41) is 11.2. The number of benzene rings is 1. The third-order valence-corrected chi connectivity index (χ3v) is 4.35. The molecule has 0 spiro atoms. The second-order valence-electron chi connectivity index (χ2n) is 6.50. The number of carbonyl (C=O) groups is 1. The van der Waals surface area contributed by atoms with E-state index in [-0.39, 0.29) is 24.9 Å². The second-order valence-corrected chi connectivity index (χ2v) is 6.50. The zero-order valence-corrected chi connectivity index (χ0v) is 16.7. The number of anilines is 1. The van der Waals surface area contributed by atoms with E-state index < -0.39 is 0 Å². The Labute approximate surface area is 176 Å². The van der Waals surface area contributed by atoms with Gasteiger partial charge < -0.3 is 14.6 Å². The lowest BCUT2D eigenvalue weighted by atomic mass is 10.2. The smallest absolute Gasteiger partial charge is 0.251 e. The minimum atomic E-state index is -0.332. The van der Waals surface area contributed by atoms with Crippen LogP contribution < -0.4 is 5.32 Å². The molecule has 1 aromatic carbocycles. The highest BCUT2D eigenvalue weighted by atomic mass is 19.1. The predicted molar refractivity (Wildman–Crippen MR) is 109 cm³/mol. The van der Waals surface area contributed by atoms with Gasteiger partial charge in [-0.25, -0.2) is 14.4 Å². The van der Waals surface area contributed by atoms with Gasteiger partial charge in [-0.15, -0.1) is 0 Å². The van der Waals surface area contributed by atoms with Gasteiger partial charge in [-0.2, -0.15) is 5.10 Å². The summed E-state index contributed by atoms with van der Waals surface area (Å²) in [6, 6.07) is 11.5. The van der Waals surface area contributed by atoms with Crippen molar-refractivity contribution in [3.05, 3.63) is 66.3 Å². The highest BCUT2D eigenvalue weighted by Gasteiger charge is 2.17. The molecule has 0 fully saturated rings. The van der Waals surface area contributed by atoms with Gasteiger partial charge in [0.25, 0.3) is 5.91 Å². The standard InChI is InChI=1S/C21H19FN6O3/c1-2-30-13-20(29)24-19-7-9-23-21(25-19)17-11-18(16-8-10-31-27-16)28(26-17)12-14-5-3-4-6-15(14)22/h3-11H,2,12-13H2,1H3,(H,23,24,25,29). The fourth-order valence-electron chi connectivity index (χ4n) is 2.91. The Morgan fingerprint density at radius 3 is 2.87 bits per heavy atom. The summed E-state index contributed by atoms with van der Waals surface area (Å²) in [5.41, 5.74) is 2.06. The van der Waals surface area contributed by atoms with Crippen LogP contribution in [0.5, 0.6) is 0 Å². The summed E-state index contributed by atoms with van der Waals surface area (Å²) >= 11 is 0. The summed E-state index contributed by atoms with van der Waals surface area (Å²) in [7, 11) is 0. The van der Waals surface area contributed by atoms with Crippen LogP contribution in [0.15, 0.2) is 59.4 Å². The molecule has 1 amide bonds. The van der Waals surface area contributed by atoms with Crippen LogP contribution >= 0.6 is 0 Å². The van der Waals surface area contributed by atoms with Crippen molar-refractivity contribution in [1.29, 1.82) is 0 Å². The van der Waals surface area contributed by atoms with Gasteiger partial charge in [-0.3, -0.25) is 9.48 Å². The van der Waals surface area contributed by atoms with Gasteiger partial charge in [-0.1, -0.05) is 23.4 Å². The quantitative estimate of drug-likeness (QED) is 0.465. The number of ether oxygens (including phenoxy) is 1. The Balaban J connectivity index is 1.66. The SMILES string of the molecule is CCOCC(=O)Nc1ccnc(-c2cc(-c3ccon3)n(Cc3ccccc3F)n2)n1. The maximum atomic E-state index is 14.2. The summed E-state index contributed by atoms with van der Waals surface area (Å²) in [6.45, 7) is 2.36. The minimum Gasteiger partial charge on any atom is -0.372 e. The van der Waals surface area contributed by atoms with Gasteiger partial charge in [0.2, 0.25) is 0 Å². The molecule has 0 radical (unpaired) electrons. The molecule has 0 atom stereocenters. The summed E-state index contributed by atoms with van der Waals surface area (Å²) in [5.74, 6) is -0.0339. The molecule has 0 unspecified atom stereocenters. The number of nitrogens with zero attached hydrogens (tertiary/aromatic N) is 5. The van der Waals surface area contributed by atoms with Crippen LogP contribution in [0.1, 0.15) is 12.5 Å². The molecule has 0 aliphatic carbocycles. The number of hydrogen-bond donors (Lipinski definition) is 1. The topological polar surface area (TPSA) is 108 Å². The molecule has 0 saturated carbocycles. The van der Waals surface area contributed by atoms with Crippen LogP contribution in [0.3, 0.4) is 0 Å². The number of halogens is 1. The van der Waals surface area contributed by atoms with Crippen molar-refractivity contribution in [2.75, 3.05) is 18.5 Å². The van der Waals surface area contributed by atoms with Crippen molar-refractivity contribution in [2.24, 2.45) is 0 Å². The van der Waals surface area contributed by atoms with Crippen LogP contribution in [-0.4, -0.2) is 44.0 Å². The first-order valence-electron chi connectivity index (χ1n) is 9.57. The molecule has 3 aromatic heterocycles. The molecule has 31 heavy (non-hydrogen) atoms. The largest absolute Gasteiger partial charge is 0.372 e. The number of carbonyl (C=O) groups excluding carboxylic acids is 1. The summed E-state index contributed by atoms with van der Waals surface area (Å²) < 4.78 is 25.8. The Bertz CT molecular complexity index is 1180. The van der Waals surface area contributed by atoms with Crippen LogP contribution in [0.2, 0.25) is 0 Å². The normalized spacial score (nSPS) is 10.9. The highest BCUT2D eigenvalue weighted by Crippen LogP contribution is 2.25. The van der Waals surface area contributed by atoms with E-state index in [1.165, 1.54) is 18.5 Å². The lowest BCUT2D eigenvalue weighted by Crippen LogP contribution is -2.19. The lowest BCUT2D eigenvalue weighted by Gasteiger charge is -2.06. The lowest BCUT2D eigenvalue weighted by molar-refractivity contribution is -0.120. The fraction of sp³-hybridized carbons (Fsp3) is 0.190. The van der Waals surface area contributed by atoms with E-state index >= 15 is 0 Å². The predicted octanol–water partition coefficient (Wildman–Crippen LogP) is 3.16. The molecular formula is C21H19FN6O3. The molecule has 0 saturated heterocycles. The number of rotatable bonds is 8. The van der Waals surface area contributed by atoms with E-state index in [2.05, 4.69) is 25.5 Å². The maximum Gasteiger partial charge on any atom is 0.251 e. The monoisotopic (exact) mass is 422 g/mol. The van der Waals surface area contributed by atoms with Gasteiger partial charge in [0.1, 0.15) is 35.9 Å². The minimum absolute atomic E-state index is 0.0661. The van der Waals surface area contributed by atoms with E-state index in [1.807, 2.05) is 0 Å². The molecule has 9 nitrogen and oxygen atoms in total. The zero-order valence-electron chi connectivity index (χ0n) is 16.7. The van der Waals surface area contributed by atoms with Gasteiger partial charge in [0, 0.05) is 24.4 Å². The molecule has 1 N–H and O–H groups in total. The molecule has 4 aromatic rings. The van der Waals surface area contributed by atoms with E-state index in [0.717, 1.165) is 0 Å². The Morgan fingerprint density at radius 1 is 1.23 bits per heavy atom. The zero-order chi connectivity index (χ0) is 21.6. The molecule has 0 bridgehead atoms. The third kappa shape index (κ3) is 4.81. The number of nitrogens with one attached hydrogen (secondary N) is 1. The van der Waals surface area contributed by atoms with Crippen molar-refractivity contribution in [3.63, 3.8) is 0 Å². The number of hydrogen-bond acceptors (Lipinski definition) is 7. The van der Waals surface area contributed by atoms with Crippen LogP contribution in [0.4, 0.5) is 10.2 Å². The van der Waals surface area contributed by atoms with Gasteiger partial charge >= 0.3 is 0 Å². The average Bonchev–Trinajstić information content (AvgIpc) is 3.44. The van der Waals surface area contributed by atoms with Gasteiger partial charge in [0.15, 0.2) is 5.82 Å². The first-order valence-corrected chi connectivity index (χ1v) is 9.57. The van der Waals surface area contributed by atoms with E-state index in [0.29, 0.717) is 40.9 Å². The highest BCUT2D eigenvalue weighted by molar-refractivity contribution is 5.90. The van der Waals surface area contributed by atoms with E-state index in [4.69, 9.17) is 9.26 Å². The maximum absolute atomic E-state index is 14.2. The fourth-order valence-corrected chi connectivity index (χ4v) is 2.91. The van der Waals surface area contributed by atoms with Crippen molar-refractivity contribution in [2.45, 2.75) is 13.5 Å². The van der Waals surface area contributed by atoms with Crippen LogP contribution in [-0.2, 0) is 16.1 Å². The van der Waals surface area contributed by atoms with Crippen molar-refractivity contribution in [3.8, 4) is 22.9 Å². The second kappa shape index (κ2) is 9.26. The molecule has 3 heterocycles. The van der Waals surface area contributed by atoms with E-state index in [9.17, 15) is 9.18 Å². The molecule has 158 valence electrons. The number of aromatic nitrogens is 5. The molecule has 0 aliphatic rings. The first-order chi connectivity index (χ1) is 15.1. The van der Waals surface area contributed by atoms with Crippen molar-refractivity contribution >= 4 is 11.7 Å². The summed E-state index contributed by atoms with van der Waals surface area (Å²) in [4.78, 5) is 20.5. The molecule has 10 heteroatoms. The Hall–Kier alpha value is -3.92. The molecule has 0 aliphatic heterocycles. The van der Waals surface area contributed by atoms with Crippen molar-refractivity contribution in [1.82, 2.24) is 24.9 Å². The molecular weight excluding hydrogens is 403 g/mol. The summed E-state index contributed by atoms with van der Waals surface area (Å²) in [6.07, 6.45) is 2.96. The Kier molecular flexibility index (Phi) is 6.08. The van der Waals surface area contributed by atoms with Crippen molar-refractivity contribution < 1.29 is 18.4 Å².